The molecule has 166 valence electrons. The molecule has 1 saturated heterocycles. The van der Waals surface area contributed by atoms with Crippen LogP contribution in [0.2, 0.25) is 0 Å². The molecule has 1 aliphatic rings. The number of fused-ring (bicyclic) bond motifs is 1. The fourth-order valence-electron chi connectivity index (χ4n) is 3.71. The molecular formula is C24H27N5O3. The van der Waals surface area contributed by atoms with Crippen molar-refractivity contribution < 1.29 is 14.3 Å². The van der Waals surface area contributed by atoms with Gasteiger partial charge in [-0.1, -0.05) is 24.3 Å². The van der Waals surface area contributed by atoms with Gasteiger partial charge < -0.3 is 19.5 Å². The van der Waals surface area contributed by atoms with Gasteiger partial charge in [0, 0.05) is 41.4 Å². The Hall–Kier alpha value is -3.65. The predicted molar refractivity (Wildman–Crippen MR) is 125 cm³/mol. The number of rotatable bonds is 5. The number of carbonyl (C=O) groups excluding carboxylic acids is 2. The number of morpholine rings is 1. The molecule has 0 bridgehead atoms. The number of anilines is 1. The fourth-order valence-corrected chi connectivity index (χ4v) is 3.71. The SMILES string of the molecule is Cc1ccc(NC(=O)N/N=C/c2cn(CC(=O)N3CCOCC3)c3ccccc23)cc1C. The summed E-state index contributed by atoms with van der Waals surface area (Å²) in [6.45, 7) is 6.65. The van der Waals surface area contributed by atoms with E-state index in [4.69, 9.17) is 4.74 Å². The fraction of sp³-hybridized carbons (Fsp3) is 0.292. The van der Waals surface area contributed by atoms with Crippen LogP contribution in [0.15, 0.2) is 53.8 Å². The van der Waals surface area contributed by atoms with Crippen LogP contribution in [0, 0.1) is 13.8 Å². The van der Waals surface area contributed by atoms with Gasteiger partial charge in [0.25, 0.3) is 0 Å². The number of hydrogen-bond acceptors (Lipinski definition) is 4. The molecule has 0 unspecified atom stereocenters. The predicted octanol–water partition coefficient (Wildman–Crippen LogP) is 3.27. The van der Waals surface area contributed by atoms with Crippen LogP contribution >= 0.6 is 0 Å². The number of carbonyl (C=O) groups is 2. The zero-order valence-electron chi connectivity index (χ0n) is 18.3. The van der Waals surface area contributed by atoms with E-state index in [1.165, 1.54) is 0 Å². The molecule has 1 fully saturated rings. The molecular weight excluding hydrogens is 406 g/mol. The largest absolute Gasteiger partial charge is 0.378 e. The van der Waals surface area contributed by atoms with Gasteiger partial charge in [0.1, 0.15) is 6.54 Å². The Morgan fingerprint density at radius 1 is 1.09 bits per heavy atom. The second kappa shape index (κ2) is 9.65. The topological polar surface area (TPSA) is 88.0 Å². The molecule has 8 nitrogen and oxygen atoms in total. The minimum atomic E-state index is -0.421. The quantitative estimate of drug-likeness (QED) is 0.478. The van der Waals surface area contributed by atoms with Crippen molar-refractivity contribution in [1.29, 1.82) is 0 Å². The standard InChI is InChI=1S/C24H27N5O3/c1-17-7-8-20(13-18(17)2)26-24(31)27-25-14-19-15-29(22-6-4-3-5-21(19)22)16-23(30)28-9-11-32-12-10-28/h3-8,13-15H,9-12,16H2,1-2H3,(H2,26,27,31)/b25-14+. The third-order valence-corrected chi connectivity index (χ3v) is 5.62. The lowest BCUT2D eigenvalue weighted by molar-refractivity contribution is -0.135. The number of aromatic nitrogens is 1. The van der Waals surface area contributed by atoms with Crippen molar-refractivity contribution in [2.24, 2.45) is 5.10 Å². The smallest absolute Gasteiger partial charge is 0.339 e. The van der Waals surface area contributed by atoms with Crippen LogP contribution in [0.4, 0.5) is 10.5 Å². The minimum Gasteiger partial charge on any atom is -0.378 e. The average molecular weight is 434 g/mol. The van der Waals surface area contributed by atoms with Crippen LogP contribution in [-0.2, 0) is 16.1 Å². The molecule has 32 heavy (non-hydrogen) atoms. The van der Waals surface area contributed by atoms with Crippen LogP contribution in [0.1, 0.15) is 16.7 Å². The molecule has 0 atom stereocenters. The van der Waals surface area contributed by atoms with Crippen LogP contribution in [0.5, 0.6) is 0 Å². The van der Waals surface area contributed by atoms with Crippen molar-refractivity contribution in [3.63, 3.8) is 0 Å². The number of para-hydroxylation sites is 1. The maximum absolute atomic E-state index is 12.7. The van der Waals surface area contributed by atoms with E-state index in [-0.39, 0.29) is 12.5 Å². The summed E-state index contributed by atoms with van der Waals surface area (Å²) in [5.41, 5.74) is 7.24. The molecule has 4 rings (SSSR count). The third kappa shape index (κ3) is 4.97. The van der Waals surface area contributed by atoms with Gasteiger partial charge in [-0.05, 0) is 43.2 Å². The minimum absolute atomic E-state index is 0.0587. The van der Waals surface area contributed by atoms with Crippen LogP contribution in [0.25, 0.3) is 10.9 Å². The van der Waals surface area contributed by atoms with Gasteiger partial charge >= 0.3 is 6.03 Å². The van der Waals surface area contributed by atoms with Crippen LogP contribution in [-0.4, -0.2) is 53.9 Å². The second-order valence-corrected chi connectivity index (χ2v) is 7.85. The number of amides is 3. The Kier molecular flexibility index (Phi) is 6.51. The van der Waals surface area contributed by atoms with Crippen molar-refractivity contribution in [3.05, 3.63) is 65.4 Å². The zero-order valence-corrected chi connectivity index (χ0v) is 18.3. The van der Waals surface area contributed by atoms with Gasteiger partial charge in [-0.15, -0.1) is 0 Å². The number of urea groups is 1. The van der Waals surface area contributed by atoms with Gasteiger partial charge in [-0.3, -0.25) is 4.79 Å². The number of ether oxygens (including phenoxy) is 1. The summed E-state index contributed by atoms with van der Waals surface area (Å²) < 4.78 is 7.25. The van der Waals surface area contributed by atoms with Crippen molar-refractivity contribution in [3.8, 4) is 0 Å². The summed E-state index contributed by atoms with van der Waals surface area (Å²) in [4.78, 5) is 26.7. The third-order valence-electron chi connectivity index (χ3n) is 5.62. The Labute approximate surface area is 186 Å². The Morgan fingerprint density at radius 2 is 1.88 bits per heavy atom. The summed E-state index contributed by atoms with van der Waals surface area (Å²) in [5.74, 6) is 0.0587. The highest BCUT2D eigenvalue weighted by Crippen LogP contribution is 2.20. The van der Waals surface area contributed by atoms with E-state index in [0.29, 0.717) is 32.0 Å². The number of hydrazone groups is 1. The summed E-state index contributed by atoms with van der Waals surface area (Å²) >= 11 is 0. The van der Waals surface area contributed by atoms with Gasteiger partial charge in [0.15, 0.2) is 0 Å². The lowest BCUT2D eigenvalue weighted by Crippen LogP contribution is -2.42. The van der Waals surface area contributed by atoms with Crippen LogP contribution in [0.3, 0.4) is 0 Å². The Morgan fingerprint density at radius 3 is 2.66 bits per heavy atom. The molecule has 2 heterocycles. The van der Waals surface area contributed by atoms with Gasteiger partial charge in [0.05, 0.1) is 19.4 Å². The van der Waals surface area contributed by atoms with Crippen molar-refractivity contribution in [2.75, 3.05) is 31.6 Å². The number of benzene rings is 2. The molecule has 0 spiro atoms. The van der Waals surface area contributed by atoms with E-state index >= 15 is 0 Å². The molecule has 2 N–H and O–H groups in total. The monoisotopic (exact) mass is 433 g/mol. The maximum Gasteiger partial charge on any atom is 0.339 e. The van der Waals surface area contributed by atoms with Crippen molar-refractivity contribution in [2.45, 2.75) is 20.4 Å². The van der Waals surface area contributed by atoms with Crippen LogP contribution < -0.4 is 10.7 Å². The highest BCUT2D eigenvalue weighted by molar-refractivity contribution is 6.00. The zero-order chi connectivity index (χ0) is 22.5. The van der Waals surface area contributed by atoms with E-state index in [1.54, 1.807) is 6.21 Å². The van der Waals surface area contributed by atoms with E-state index in [9.17, 15) is 9.59 Å². The van der Waals surface area contributed by atoms with Crippen molar-refractivity contribution in [1.82, 2.24) is 14.9 Å². The van der Waals surface area contributed by atoms with E-state index < -0.39 is 6.03 Å². The highest BCUT2D eigenvalue weighted by atomic mass is 16.5. The van der Waals surface area contributed by atoms with Gasteiger partial charge in [-0.2, -0.15) is 5.10 Å². The van der Waals surface area contributed by atoms with E-state index in [2.05, 4.69) is 15.8 Å². The molecule has 0 saturated carbocycles. The van der Waals surface area contributed by atoms with E-state index in [0.717, 1.165) is 27.6 Å². The number of nitrogens with one attached hydrogen (secondary N) is 2. The lowest BCUT2D eigenvalue weighted by Gasteiger charge is -2.27. The summed E-state index contributed by atoms with van der Waals surface area (Å²) in [7, 11) is 0. The summed E-state index contributed by atoms with van der Waals surface area (Å²) in [6.07, 6.45) is 3.48. The first kappa shape index (κ1) is 21.6. The molecule has 0 radical (unpaired) electrons. The summed E-state index contributed by atoms with van der Waals surface area (Å²) in [6, 6.07) is 13.1. The second-order valence-electron chi connectivity index (χ2n) is 7.85. The van der Waals surface area contributed by atoms with Gasteiger partial charge in [0.2, 0.25) is 5.91 Å². The average Bonchev–Trinajstić information content (AvgIpc) is 3.14. The molecule has 1 aromatic heterocycles. The summed E-state index contributed by atoms with van der Waals surface area (Å²) in [5, 5.41) is 7.83. The first-order valence-electron chi connectivity index (χ1n) is 10.6. The van der Waals surface area contributed by atoms with Crippen molar-refractivity contribution >= 4 is 34.7 Å². The number of hydrogen-bond donors (Lipinski definition) is 2. The Balaban J connectivity index is 1.44. The molecule has 8 heteroatoms. The lowest BCUT2D eigenvalue weighted by atomic mass is 10.1. The molecule has 0 aliphatic carbocycles. The molecule has 1 aliphatic heterocycles. The first-order chi connectivity index (χ1) is 15.5. The first-order valence-corrected chi connectivity index (χ1v) is 10.6. The maximum atomic E-state index is 12.7. The normalized spacial score (nSPS) is 14.1. The van der Waals surface area contributed by atoms with E-state index in [1.807, 2.05) is 72.0 Å². The Bertz CT molecular complexity index is 1160. The highest BCUT2D eigenvalue weighted by Gasteiger charge is 2.18. The molecule has 3 amide bonds. The number of nitrogens with zero attached hydrogens (tertiary/aromatic N) is 3. The van der Waals surface area contributed by atoms with Gasteiger partial charge in [-0.25, -0.2) is 10.2 Å². The molecule has 3 aromatic rings. The molecule has 2 aromatic carbocycles. The number of aryl methyl sites for hydroxylation is 2.